The van der Waals surface area contributed by atoms with Gasteiger partial charge >= 0.3 is 5.97 Å². The normalized spacial score (nSPS) is 12.4. The Labute approximate surface area is 74.4 Å². The molecule has 1 aromatic carbocycles. The number of phenols is 1. The molecule has 1 atom stereocenters. The Morgan fingerprint density at radius 1 is 1.46 bits per heavy atom. The van der Waals surface area contributed by atoms with E-state index in [1.807, 2.05) is 0 Å². The van der Waals surface area contributed by atoms with Crippen LogP contribution in [-0.4, -0.2) is 22.9 Å². The number of carboxylic acids is 1. The van der Waals surface area contributed by atoms with Gasteiger partial charge in [-0.3, -0.25) is 4.79 Å². The van der Waals surface area contributed by atoms with Gasteiger partial charge in [-0.1, -0.05) is 18.2 Å². The summed E-state index contributed by atoms with van der Waals surface area (Å²) >= 11 is 0. The lowest BCUT2D eigenvalue weighted by Crippen LogP contribution is -2.13. The van der Waals surface area contributed by atoms with E-state index >= 15 is 0 Å². The first kappa shape index (κ1) is 9.51. The first-order valence-corrected chi connectivity index (χ1v) is 3.73. The summed E-state index contributed by atoms with van der Waals surface area (Å²) in [6.45, 7) is -1.02. The third-order valence-corrected chi connectivity index (χ3v) is 1.76. The molecule has 0 radical (unpaired) electrons. The minimum absolute atomic E-state index is 0.109. The summed E-state index contributed by atoms with van der Waals surface area (Å²) < 4.78 is 12.3. The van der Waals surface area contributed by atoms with Crippen LogP contribution in [-0.2, 0) is 4.79 Å². The molecule has 4 heteroatoms. The van der Waals surface area contributed by atoms with E-state index in [0.29, 0.717) is 0 Å². The minimum atomic E-state index is -1.28. The highest BCUT2D eigenvalue weighted by molar-refractivity contribution is 5.77. The molecule has 0 aliphatic carbocycles. The Hall–Kier alpha value is -1.58. The van der Waals surface area contributed by atoms with Gasteiger partial charge in [0.25, 0.3) is 0 Å². The molecule has 0 saturated carbocycles. The molecule has 0 bridgehead atoms. The molecular formula is C9H9FO3. The highest BCUT2D eigenvalue weighted by atomic mass is 19.1. The highest BCUT2D eigenvalue weighted by Gasteiger charge is 2.21. The van der Waals surface area contributed by atoms with Gasteiger partial charge in [-0.15, -0.1) is 0 Å². The van der Waals surface area contributed by atoms with E-state index < -0.39 is 18.6 Å². The van der Waals surface area contributed by atoms with E-state index in [4.69, 9.17) is 5.11 Å². The van der Waals surface area contributed by atoms with Gasteiger partial charge < -0.3 is 10.2 Å². The number of carbonyl (C=O) groups is 1. The Morgan fingerprint density at radius 2 is 2.08 bits per heavy atom. The topological polar surface area (TPSA) is 57.5 Å². The summed E-state index contributed by atoms with van der Waals surface area (Å²) in [5.41, 5.74) is 0.109. The number of alkyl halides is 1. The van der Waals surface area contributed by atoms with E-state index in [-0.39, 0.29) is 11.3 Å². The molecule has 70 valence electrons. The molecule has 1 unspecified atom stereocenters. The van der Waals surface area contributed by atoms with Gasteiger partial charge in [0.2, 0.25) is 0 Å². The maximum atomic E-state index is 12.3. The van der Waals surface area contributed by atoms with Crippen molar-refractivity contribution < 1.29 is 19.4 Å². The number of carboxylic acid groups (broad SMARTS) is 1. The van der Waals surface area contributed by atoms with Crippen LogP contribution in [0.3, 0.4) is 0 Å². The number of aromatic hydroxyl groups is 1. The fourth-order valence-corrected chi connectivity index (χ4v) is 1.06. The van der Waals surface area contributed by atoms with Crippen molar-refractivity contribution in [3.8, 4) is 5.75 Å². The number of halogens is 1. The summed E-state index contributed by atoms with van der Waals surface area (Å²) in [5, 5.41) is 17.8. The number of para-hydroxylation sites is 1. The molecule has 0 aromatic heterocycles. The summed E-state index contributed by atoms with van der Waals surface area (Å²) in [5.74, 6) is -2.74. The van der Waals surface area contributed by atoms with Crippen molar-refractivity contribution in [1.82, 2.24) is 0 Å². The molecule has 0 fully saturated rings. The molecule has 0 aliphatic rings. The first-order chi connectivity index (χ1) is 6.16. The second-order valence-electron chi connectivity index (χ2n) is 2.60. The summed E-state index contributed by atoms with van der Waals surface area (Å²) in [4.78, 5) is 10.5. The number of aliphatic carboxylic acids is 1. The van der Waals surface area contributed by atoms with Crippen molar-refractivity contribution >= 4 is 5.97 Å². The zero-order valence-corrected chi connectivity index (χ0v) is 6.77. The standard InChI is InChI=1S/C9H9FO3/c10-5-7(9(12)13)6-3-1-2-4-8(6)11/h1-4,7,11H,5H2,(H,12,13). The second-order valence-corrected chi connectivity index (χ2v) is 2.60. The van der Waals surface area contributed by atoms with Gasteiger partial charge in [0.1, 0.15) is 18.3 Å². The number of hydrogen-bond donors (Lipinski definition) is 2. The zero-order chi connectivity index (χ0) is 9.84. The van der Waals surface area contributed by atoms with E-state index in [1.165, 1.54) is 12.1 Å². The lowest BCUT2D eigenvalue weighted by molar-refractivity contribution is -0.139. The molecule has 0 saturated heterocycles. The number of rotatable bonds is 3. The van der Waals surface area contributed by atoms with Gasteiger partial charge in [0.05, 0.1) is 0 Å². The van der Waals surface area contributed by atoms with Crippen LogP contribution in [0.4, 0.5) is 4.39 Å². The predicted molar refractivity (Wildman–Crippen MR) is 44.5 cm³/mol. The highest BCUT2D eigenvalue weighted by Crippen LogP contribution is 2.25. The fourth-order valence-electron chi connectivity index (χ4n) is 1.06. The van der Waals surface area contributed by atoms with Crippen molar-refractivity contribution in [3.05, 3.63) is 29.8 Å². The molecule has 0 heterocycles. The molecule has 0 spiro atoms. The molecule has 1 aromatic rings. The summed E-state index contributed by atoms with van der Waals surface area (Å²) in [6.07, 6.45) is 0. The third-order valence-electron chi connectivity index (χ3n) is 1.76. The Morgan fingerprint density at radius 3 is 2.54 bits per heavy atom. The van der Waals surface area contributed by atoms with Crippen molar-refractivity contribution in [2.45, 2.75) is 5.92 Å². The Balaban J connectivity index is 3.04. The van der Waals surface area contributed by atoms with Crippen LogP contribution in [0.2, 0.25) is 0 Å². The molecule has 1 rings (SSSR count). The lowest BCUT2D eigenvalue weighted by Gasteiger charge is -2.09. The van der Waals surface area contributed by atoms with Crippen LogP contribution in [0.1, 0.15) is 11.5 Å². The molecule has 13 heavy (non-hydrogen) atoms. The number of benzene rings is 1. The number of hydrogen-bond acceptors (Lipinski definition) is 2. The Bertz CT molecular complexity index is 311. The van der Waals surface area contributed by atoms with Crippen LogP contribution in [0.5, 0.6) is 5.75 Å². The van der Waals surface area contributed by atoms with Crippen LogP contribution in [0.25, 0.3) is 0 Å². The lowest BCUT2D eigenvalue weighted by atomic mass is 10.00. The van der Waals surface area contributed by atoms with Crippen LogP contribution < -0.4 is 0 Å². The predicted octanol–water partition coefficient (Wildman–Crippen LogP) is 1.53. The summed E-state index contributed by atoms with van der Waals surface area (Å²) in [6, 6.07) is 5.84. The van der Waals surface area contributed by atoms with Crippen molar-refractivity contribution in [2.24, 2.45) is 0 Å². The monoisotopic (exact) mass is 184 g/mol. The second kappa shape index (κ2) is 3.89. The molecule has 3 nitrogen and oxygen atoms in total. The van der Waals surface area contributed by atoms with Gasteiger partial charge in [0, 0.05) is 5.56 Å². The SMILES string of the molecule is O=C(O)C(CF)c1ccccc1O. The average molecular weight is 184 g/mol. The summed E-state index contributed by atoms with van der Waals surface area (Å²) in [7, 11) is 0. The van der Waals surface area contributed by atoms with E-state index in [1.54, 1.807) is 12.1 Å². The smallest absolute Gasteiger partial charge is 0.313 e. The zero-order valence-electron chi connectivity index (χ0n) is 6.77. The molecular weight excluding hydrogens is 175 g/mol. The van der Waals surface area contributed by atoms with Crippen LogP contribution in [0.15, 0.2) is 24.3 Å². The Kier molecular flexibility index (Phi) is 2.84. The maximum absolute atomic E-state index is 12.3. The van der Waals surface area contributed by atoms with Crippen LogP contribution in [0, 0.1) is 0 Å². The largest absolute Gasteiger partial charge is 0.508 e. The first-order valence-electron chi connectivity index (χ1n) is 3.73. The van der Waals surface area contributed by atoms with E-state index in [0.717, 1.165) is 0 Å². The van der Waals surface area contributed by atoms with E-state index in [2.05, 4.69) is 0 Å². The van der Waals surface area contributed by atoms with Crippen molar-refractivity contribution in [3.63, 3.8) is 0 Å². The van der Waals surface area contributed by atoms with E-state index in [9.17, 15) is 14.3 Å². The van der Waals surface area contributed by atoms with Gasteiger partial charge in [-0.05, 0) is 6.07 Å². The fraction of sp³-hybridized carbons (Fsp3) is 0.222. The molecule has 0 amide bonds. The van der Waals surface area contributed by atoms with Gasteiger partial charge in [-0.25, -0.2) is 4.39 Å². The number of phenolic OH excluding ortho intramolecular Hbond substituents is 1. The third kappa shape index (κ3) is 1.96. The maximum Gasteiger partial charge on any atom is 0.313 e. The minimum Gasteiger partial charge on any atom is -0.508 e. The van der Waals surface area contributed by atoms with Crippen molar-refractivity contribution in [1.29, 1.82) is 0 Å². The quantitative estimate of drug-likeness (QED) is 0.748. The van der Waals surface area contributed by atoms with Crippen LogP contribution >= 0.6 is 0 Å². The van der Waals surface area contributed by atoms with Gasteiger partial charge in [-0.2, -0.15) is 0 Å². The van der Waals surface area contributed by atoms with Crippen molar-refractivity contribution in [2.75, 3.05) is 6.67 Å². The molecule has 0 aliphatic heterocycles. The van der Waals surface area contributed by atoms with Gasteiger partial charge in [0.15, 0.2) is 0 Å². The molecule has 2 N–H and O–H groups in total. The average Bonchev–Trinajstić information content (AvgIpc) is 2.09.